The van der Waals surface area contributed by atoms with E-state index in [2.05, 4.69) is 0 Å². The zero-order valence-electron chi connectivity index (χ0n) is 8.84. The molecule has 3 rings (SSSR count). The quantitative estimate of drug-likeness (QED) is 0.645. The van der Waals surface area contributed by atoms with Crippen LogP contribution in [0.15, 0.2) is 57.4 Å². The lowest BCUT2D eigenvalue weighted by atomic mass is 9.93. The number of benzene rings is 1. The normalized spacial score (nSPS) is 10.8. The highest BCUT2D eigenvalue weighted by molar-refractivity contribution is 7.13. The third-order valence-electron chi connectivity index (χ3n) is 2.74. The lowest BCUT2D eigenvalue weighted by Crippen LogP contribution is -2.34. The van der Waals surface area contributed by atoms with Crippen molar-refractivity contribution in [2.45, 2.75) is 0 Å². The van der Waals surface area contributed by atoms with Gasteiger partial charge in [0.1, 0.15) is 0 Å². The zero-order chi connectivity index (χ0) is 11.8. The van der Waals surface area contributed by atoms with E-state index in [0.717, 1.165) is 10.4 Å². The molecule has 0 saturated carbocycles. The van der Waals surface area contributed by atoms with Gasteiger partial charge in [0.15, 0.2) is 0 Å². The van der Waals surface area contributed by atoms with Crippen LogP contribution in [0.5, 0.6) is 0 Å². The highest BCUT2D eigenvalue weighted by Gasteiger charge is 2.23. The summed E-state index contributed by atoms with van der Waals surface area (Å²) >= 11 is 1.48. The van der Waals surface area contributed by atoms with Crippen LogP contribution in [-0.4, -0.2) is 0 Å². The summed E-state index contributed by atoms with van der Waals surface area (Å²) in [6, 6.07) is 13.1. The van der Waals surface area contributed by atoms with Crippen molar-refractivity contribution in [3.8, 4) is 21.6 Å². The fourth-order valence-corrected chi connectivity index (χ4v) is 2.70. The monoisotopic (exact) mass is 240 g/mol. The fourth-order valence-electron chi connectivity index (χ4n) is 1.93. The first kappa shape index (κ1) is 10.2. The van der Waals surface area contributed by atoms with Crippen molar-refractivity contribution in [2.75, 3.05) is 0 Å². The van der Waals surface area contributed by atoms with E-state index >= 15 is 0 Å². The predicted octanol–water partition coefficient (Wildman–Crippen LogP) is 2.68. The minimum absolute atomic E-state index is 0.369. The van der Waals surface area contributed by atoms with E-state index in [9.17, 15) is 9.59 Å². The largest absolute Gasteiger partial charge is 0.285 e. The predicted molar refractivity (Wildman–Crippen MR) is 70.1 cm³/mol. The molecule has 2 nitrogen and oxygen atoms in total. The van der Waals surface area contributed by atoms with Gasteiger partial charge in [-0.3, -0.25) is 9.59 Å². The second-order valence-electron chi connectivity index (χ2n) is 3.75. The lowest BCUT2D eigenvalue weighted by molar-refractivity contribution is 1.42. The molecular formula is C14H8O2S. The minimum atomic E-state index is -0.375. The Labute approximate surface area is 101 Å². The van der Waals surface area contributed by atoms with Crippen LogP contribution in [0.2, 0.25) is 0 Å². The Bertz CT molecular complexity index is 717. The van der Waals surface area contributed by atoms with Gasteiger partial charge in [0, 0.05) is 10.4 Å². The summed E-state index contributed by atoms with van der Waals surface area (Å²) in [5.41, 5.74) is 1.20. The summed E-state index contributed by atoms with van der Waals surface area (Å²) in [7, 11) is 0. The summed E-state index contributed by atoms with van der Waals surface area (Å²) in [5, 5.41) is 1.90. The smallest absolute Gasteiger partial charge is 0.235 e. The van der Waals surface area contributed by atoms with Gasteiger partial charge >= 0.3 is 0 Å². The third kappa shape index (κ3) is 1.47. The maximum atomic E-state index is 11.7. The Kier molecular flexibility index (Phi) is 2.27. The molecule has 82 valence electrons. The molecule has 0 amide bonds. The van der Waals surface area contributed by atoms with Crippen molar-refractivity contribution in [1.82, 2.24) is 0 Å². The second kappa shape index (κ2) is 3.79. The first-order chi connectivity index (χ1) is 8.29. The summed E-state index contributed by atoms with van der Waals surface area (Å²) in [4.78, 5) is 24.2. The average Bonchev–Trinajstić information content (AvgIpc) is 2.88. The Hall–Kier alpha value is -2.00. The molecule has 0 N–H and O–H groups in total. The molecule has 3 aromatic rings. The Morgan fingerprint density at radius 3 is 2.12 bits per heavy atom. The number of hydrogen-bond donors (Lipinski definition) is 0. The number of hydrogen-bond acceptors (Lipinski definition) is 3. The van der Waals surface area contributed by atoms with E-state index in [1.807, 2.05) is 47.8 Å². The molecule has 0 fully saturated rings. The van der Waals surface area contributed by atoms with Crippen molar-refractivity contribution in [2.24, 2.45) is 0 Å². The van der Waals surface area contributed by atoms with Gasteiger partial charge < -0.3 is 0 Å². The molecule has 0 aliphatic rings. The molecule has 0 aliphatic carbocycles. The average molecular weight is 240 g/mol. The second-order valence-corrected chi connectivity index (χ2v) is 4.70. The molecule has 0 spiro atoms. The van der Waals surface area contributed by atoms with E-state index in [0.29, 0.717) is 11.1 Å². The van der Waals surface area contributed by atoms with Gasteiger partial charge in [-0.05, 0) is 17.0 Å². The Morgan fingerprint density at radius 2 is 1.47 bits per heavy atom. The summed E-state index contributed by atoms with van der Waals surface area (Å²) in [6.07, 6.45) is 0. The highest BCUT2D eigenvalue weighted by Crippen LogP contribution is 2.30. The van der Waals surface area contributed by atoms with Crippen molar-refractivity contribution >= 4 is 11.3 Å². The maximum Gasteiger partial charge on any atom is 0.235 e. The van der Waals surface area contributed by atoms with Crippen LogP contribution in [0.1, 0.15) is 0 Å². The van der Waals surface area contributed by atoms with E-state index in [1.54, 1.807) is 0 Å². The van der Waals surface area contributed by atoms with Crippen LogP contribution in [0, 0.1) is 0 Å². The molecule has 3 heteroatoms. The SMILES string of the molecule is O=c1c(-c2ccccc2)c(-c2cccs2)c1=O. The van der Waals surface area contributed by atoms with E-state index < -0.39 is 0 Å². The zero-order valence-corrected chi connectivity index (χ0v) is 9.66. The van der Waals surface area contributed by atoms with Crippen LogP contribution in [0.3, 0.4) is 0 Å². The van der Waals surface area contributed by atoms with Gasteiger partial charge in [-0.2, -0.15) is 0 Å². The van der Waals surface area contributed by atoms with Gasteiger partial charge in [-0.1, -0.05) is 36.4 Å². The van der Waals surface area contributed by atoms with Gasteiger partial charge in [-0.15, -0.1) is 11.3 Å². The maximum absolute atomic E-state index is 11.7. The molecule has 2 aromatic carbocycles. The van der Waals surface area contributed by atoms with Crippen LogP contribution in [-0.2, 0) is 0 Å². The van der Waals surface area contributed by atoms with Crippen molar-refractivity contribution in [1.29, 1.82) is 0 Å². The summed E-state index contributed by atoms with van der Waals surface area (Å²) in [6.45, 7) is 0. The topological polar surface area (TPSA) is 34.1 Å². The number of thiophene rings is 1. The molecule has 17 heavy (non-hydrogen) atoms. The van der Waals surface area contributed by atoms with Gasteiger partial charge in [0.25, 0.3) is 0 Å². The van der Waals surface area contributed by atoms with E-state index in [1.165, 1.54) is 11.3 Å². The van der Waals surface area contributed by atoms with Crippen molar-refractivity contribution in [3.63, 3.8) is 0 Å². The first-order valence-corrected chi connectivity index (χ1v) is 6.09. The molecule has 0 saturated heterocycles. The Balaban J connectivity index is 2.24. The molecule has 0 radical (unpaired) electrons. The van der Waals surface area contributed by atoms with Crippen LogP contribution in [0.25, 0.3) is 21.6 Å². The van der Waals surface area contributed by atoms with E-state index in [4.69, 9.17) is 0 Å². The molecule has 0 aliphatic heterocycles. The lowest BCUT2D eigenvalue weighted by Gasteiger charge is -2.09. The molecular weight excluding hydrogens is 232 g/mol. The number of rotatable bonds is 2. The van der Waals surface area contributed by atoms with Gasteiger partial charge in [0.05, 0.1) is 5.56 Å². The Morgan fingerprint density at radius 1 is 0.765 bits per heavy atom. The summed E-state index contributed by atoms with van der Waals surface area (Å²) in [5.74, 6) is 0. The van der Waals surface area contributed by atoms with Crippen molar-refractivity contribution in [3.05, 3.63) is 68.3 Å². The van der Waals surface area contributed by atoms with Crippen LogP contribution < -0.4 is 10.9 Å². The highest BCUT2D eigenvalue weighted by atomic mass is 32.1. The third-order valence-corrected chi connectivity index (χ3v) is 3.63. The molecule has 0 atom stereocenters. The summed E-state index contributed by atoms with van der Waals surface area (Å²) < 4.78 is 0. The minimum Gasteiger partial charge on any atom is -0.285 e. The molecule has 0 bridgehead atoms. The van der Waals surface area contributed by atoms with Crippen LogP contribution >= 0.6 is 11.3 Å². The fraction of sp³-hybridized carbons (Fsp3) is 0. The van der Waals surface area contributed by atoms with Gasteiger partial charge in [0.2, 0.25) is 10.9 Å². The van der Waals surface area contributed by atoms with E-state index in [-0.39, 0.29) is 10.9 Å². The molecule has 0 unspecified atom stereocenters. The van der Waals surface area contributed by atoms with Crippen molar-refractivity contribution < 1.29 is 0 Å². The standard InChI is InChI=1S/C14H8O2S/c15-13-11(9-5-2-1-3-6-9)12(14(13)16)10-7-4-8-17-10/h1-8H. The first-order valence-electron chi connectivity index (χ1n) is 5.21. The van der Waals surface area contributed by atoms with Crippen LogP contribution in [0.4, 0.5) is 0 Å². The molecule has 1 heterocycles. The molecule has 1 aromatic heterocycles. The van der Waals surface area contributed by atoms with Gasteiger partial charge in [-0.25, -0.2) is 0 Å².